The smallest absolute Gasteiger partial charge is 0.232 e. The van der Waals surface area contributed by atoms with Crippen molar-refractivity contribution < 1.29 is 18.0 Å². The molecule has 0 saturated heterocycles. The van der Waals surface area contributed by atoms with Gasteiger partial charge in [-0.15, -0.1) is 0 Å². The summed E-state index contributed by atoms with van der Waals surface area (Å²) in [6, 6.07) is 8.05. The molecule has 29 heavy (non-hydrogen) atoms. The first kappa shape index (κ1) is 19.7. The van der Waals surface area contributed by atoms with Gasteiger partial charge < -0.3 is 0 Å². The predicted octanol–water partition coefficient (Wildman–Crippen LogP) is 3.23. The van der Waals surface area contributed by atoms with Crippen molar-refractivity contribution in [2.45, 2.75) is 55.1 Å². The van der Waals surface area contributed by atoms with Crippen molar-refractivity contribution in [3.63, 3.8) is 0 Å². The fraction of sp³-hybridized carbons (Fsp3) is 0.429. The number of nitrogens with zero attached hydrogens (tertiary/aromatic N) is 3. The third-order valence-electron chi connectivity index (χ3n) is 5.55. The molecule has 0 spiro atoms. The highest BCUT2D eigenvalue weighted by molar-refractivity contribution is 7.92. The highest BCUT2D eigenvalue weighted by atomic mass is 32.2. The molecule has 1 amide bonds. The van der Waals surface area contributed by atoms with Crippen molar-refractivity contribution in [2.75, 3.05) is 4.90 Å². The molecular formula is C21H23N3O4S. The lowest BCUT2D eigenvalue weighted by Crippen LogP contribution is -2.27. The first-order chi connectivity index (χ1) is 13.9. The first-order valence-corrected chi connectivity index (χ1v) is 11.4. The van der Waals surface area contributed by atoms with E-state index in [1.807, 2.05) is 0 Å². The molecule has 2 saturated carbocycles. The summed E-state index contributed by atoms with van der Waals surface area (Å²) < 4.78 is 24.9. The Bertz CT molecular complexity index is 1000. The van der Waals surface area contributed by atoms with Gasteiger partial charge in [-0.05, 0) is 61.9 Å². The van der Waals surface area contributed by atoms with Crippen LogP contribution in [0.15, 0.2) is 47.8 Å². The monoisotopic (exact) mass is 413 g/mol. The van der Waals surface area contributed by atoms with E-state index in [1.54, 1.807) is 36.5 Å². The molecule has 1 aromatic carbocycles. The average molecular weight is 413 g/mol. The maximum Gasteiger partial charge on any atom is 0.232 e. The molecule has 1 aromatic heterocycles. The van der Waals surface area contributed by atoms with Crippen LogP contribution in [0.1, 0.15) is 44.9 Å². The molecule has 7 nitrogen and oxygen atoms in total. The van der Waals surface area contributed by atoms with Gasteiger partial charge in [-0.25, -0.2) is 18.4 Å². The summed E-state index contributed by atoms with van der Waals surface area (Å²) in [6.07, 6.45) is 7.29. The molecule has 0 bridgehead atoms. The van der Waals surface area contributed by atoms with Gasteiger partial charge >= 0.3 is 0 Å². The standard InChI is InChI=1S/C21H23N3O4S/c25-17-5-1-15(13-17)2-10-21(26)24(20-11-12-22-14-23-20)16-3-6-18(7-4-16)29(27,28)19-8-9-19/h3-4,6-7,11-12,14-15,19H,1-2,5,8-10,13H2. The van der Waals surface area contributed by atoms with E-state index in [0.29, 0.717) is 50.0 Å². The second kappa shape index (κ2) is 8.02. The lowest BCUT2D eigenvalue weighted by atomic mass is 10.0. The summed E-state index contributed by atoms with van der Waals surface area (Å²) in [5.74, 6) is 0.818. The Morgan fingerprint density at radius 2 is 1.86 bits per heavy atom. The van der Waals surface area contributed by atoms with E-state index in [1.165, 1.54) is 11.2 Å². The zero-order valence-corrected chi connectivity index (χ0v) is 16.8. The van der Waals surface area contributed by atoms with Crippen molar-refractivity contribution in [2.24, 2.45) is 5.92 Å². The molecule has 1 atom stereocenters. The fourth-order valence-corrected chi connectivity index (χ4v) is 5.41. The van der Waals surface area contributed by atoms with Crippen LogP contribution in [0.5, 0.6) is 0 Å². The Kier molecular flexibility index (Phi) is 5.45. The highest BCUT2D eigenvalue weighted by Gasteiger charge is 2.37. The Balaban J connectivity index is 1.55. The molecule has 0 aliphatic heterocycles. The van der Waals surface area contributed by atoms with Gasteiger partial charge in [0.15, 0.2) is 9.84 Å². The maximum atomic E-state index is 13.0. The molecule has 2 aromatic rings. The summed E-state index contributed by atoms with van der Waals surface area (Å²) in [6.45, 7) is 0. The van der Waals surface area contributed by atoms with Gasteiger partial charge in [0, 0.05) is 25.5 Å². The van der Waals surface area contributed by atoms with Gasteiger partial charge in [-0.3, -0.25) is 14.5 Å². The van der Waals surface area contributed by atoms with E-state index in [0.717, 1.165) is 6.42 Å². The van der Waals surface area contributed by atoms with Crippen LogP contribution in [0.25, 0.3) is 0 Å². The SMILES string of the molecule is O=C1CCC(CCC(=O)N(c2ccc(S(=O)(=O)C3CC3)cc2)c2ccncn2)C1. The zero-order valence-electron chi connectivity index (χ0n) is 16.0. The highest BCUT2D eigenvalue weighted by Crippen LogP contribution is 2.35. The number of hydrogen-bond donors (Lipinski definition) is 0. The number of ketones is 1. The average Bonchev–Trinajstić information content (AvgIpc) is 3.51. The summed E-state index contributed by atoms with van der Waals surface area (Å²) in [5, 5.41) is -0.276. The third-order valence-corrected chi connectivity index (χ3v) is 7.82. The van der Waals surface area contributed by atoms with E-state index < -0.39 is 9.84 Å². The summed E-state index contributed by atoms with van der Waals surface area (Å²) in [7, 11) is -3.28. The molecule has 1 unspecified atom stereocenters. The Labute approximate surface area is 170 Å². The Hall–Kier alpha value is -2.61. The van der Waals surface area contributed by atoms with Crippen molar-refractivity contribution in [1.29, 1.82) is 0 Å². The lowest BCUT2D eigenvalue weighted by molar-refractivity contribution is -0.119. The van der Waals surface area contributed by atoms with Gasteiger partial charge in [0.1, 0.15) is 17.9 Å². The molecule has 8 heteroatoms. The van der Waals surface area contributed by atoms with Crippen LogP contribution in [0.4, 0.5) is 11.5 Å². The molecule has 152 valence electrons. The molecule has 2 aliphatic carbocycles. The van der Waals surface area contributed by atoms with E-state index in [2.05, 4.69) is 9.97 Å². The zero-order chi connectivity index (χ0) is 20.4. The number of aromatic nitrogens is 2. The molecular weight excluding hydrogens is 390 g/mol. The number of hydrogen-bond acceptors (Lipinski definition) is 6. The van der Waals surface area contributed by atoms with Crippen LogP contribution in [-0.4, -0.2) is 35.3 Å². The van der Waals surface area contributed by atoms with Crippen LogP contribution < -0.4 is 4.90 Å². The largest absolute Gasteiger partial charge is 0.300 e. The van der Waals surface area contributed by atoms with Gasteiger partial charge in [-0.2, -0.15) is 0 Å². The number of carbonyl (C=O) groups excluding carboxylic acids is 2. The van der Waals surface area contributed by atoms with Crippen LogP contribution in [0.3, 0.4) is 0 Å². The molecule has 2 fully saturated rings. The first-order valence-electron chi connectivity index (χ1n) is 9.90. The second-order valence-corrected chi connectivity index (χ2v) is 9.95. The maximum absolute atomic E-state index is 13.0. The summed E-state index contributed by atoms with van der Waals surface area (Å²) in [5.41, 5.74) is 0.561. The fourth-order valence-electron chi connectivity index (χ4n) is 3.75. The minimum Gasteiger partial charge on any atom is -0.300 e. The molecule has 1 heterocycles. The summed E-state index contributed by atoms with van der Waals surface area (Å²) >= 11 is 0. The molecule has 0 N–H and O–H groups in total. The number of anilines is 2. The third kappa shape index (κ3) is 4.37. The van der Waals surface area contributed by atoms with Crippen LogP contribution >= 0.6 is 0 Å². The van der Waals surface area contributed by atoms with Crippen LogP contribution in [0.2, 0.25) is 0 Å². The molecule has 0 radical (unpaired) electrons. The number of sulfone groups is 1. The quantitative estimate of drug-likeness (QED) is 0.691. The van der Waals surface area contributed by atoms with Crippen LogP contribution in [-0.2, 0) is 19.4 Å². The van der Waals surface area contributed by atoms with Crippen molar-refractivity contribution in [3.8, 4) is 0 Å². The Morgan fingerprint density at radius 3 is 2.45 bits per heavy atom. The van der Waals surface area contributed by atoms with E-state index in [9.17, 15) is 18.0 Å². The topological polar surface area (TPSA) is 97.3 Å². The number of Topliss-reactive ketones (excluding diaryl/α,β-unsaturated/α-hetero) is 1. The Morgan fingerprint density at radius 1 is 1.10 bits per heavy atom. The van der Waals surface area contributed by atoms with Crippen LogP contribution in [0, 0.1) is 5.92 Å². The number of benzene rings is 1. The number of rotatable bonds is 7. The van der Waals surface area contributed by atoms with E-state index >= 15 is 0 Å². The minimum absolute atomic E-state index is 0.138. The van der Waals surface area contributed by atoms with Crippen molar-refractivity contribution >= 4 is 33.0 Å². The van der Waals surface area contributed by atoms with Gasteiger partial charge in [0.25, 0.3) is 0 Å². The van der Waals surface area contributed by atoms with Gasteiger partial charge in [0.2, 0.25) is 5.91 Å². The van der Waals surface area contributed by atoms with Crippen molar-refractivity contribution in [3.05, 3.63) is 42.9 Å². The normalized spacial score (nSPS) is 19.3. The summed E-state index contributed by atoms with van der Waals surface area (Å²) in [4.78, 5) is 34.4. The lowest BCUT2D eigenvalue weighted by Gasteiger charge is -2.22. The van der Waals surface area contributed by atoms with E-state index in [4.69, 9.17) is 0 Å². The predicted molar refractivity (Wildman–Crippen MR) is 107 cm³/mol. The second-order valence-electron chi connectivity index (χ2n) is 7.72. The van der Waals surface area contributed by atoms with E-state index in [-0.39, 0.29) is 27.8 Å². The number of carbonyl (C=O) groups is 2. The minimum atomic E-state index is -3.28. The molecule has 2 aliphatic rings. The van der Waals surface area contributed by atoms with Crippen molar-refractivity contribution in [1.82, 2.24) is 9.97 Å². The van der Waals surface area contributed by atoms with Gasteiger partial charge in [-0.1, -0.05) is 0 Å². The van der Waals surface area contributed by atoms with Gasteiger partial charge in [0.05, 0.1) is 15.8 Å². The number of amides is 1. The molecule has 4 rings (SSSR count).